The molecule has 0 spiro atoms. The van der Waals surface area contributed by atoms with Crippen molar-refractivity contribution in [1.29, 1.82) is 0 Å². The highest BCUT2D eigenvalue weighted by atomic mass is 32.1. The number of nitrogens with two attached hydrogens (primary N) is 1. The number of hydrogen-bond acceptors (Lipinski definition) is 3. The van der Waals surface area contributed by atoms with Gasteiger partial charge in [-0.05, 0) is 36.4 Å². The van der Waals surface area contributed by atoms with E-state index in [-0.39, 0.29) is 5.78 Å². The molecule has 1 heterocycles. The fraction of sp³-hybridized carbons (Fsp3) is 0.364. The lowest BCUT2D eigenvalue weighted by Gasteiger charge is -2.19. The van der Waals surface area contributed by atoms with Gasteiger partial charge in [0.25, 0.3) is 0 Å². The summed E-state index contributed by atoms with van der Waals surface area (Å²) in [4.78, 5) is 12.7. The molecule has 2 nitrogen and oxygen atoms in total. The van der Waals surface area contributed by atoms with Crippen LogP contribution in [0.4, 0.5) is 0 Å². The summed E-state index contributed by atoms with van der Waals surface area (Å²) in [5, 5.41) is 2.07. The molecule has 1 unspecified atom stereocenters. The van der Waals surface area contributed by atoms with E-state index in [1.165, 1.54) is 10.4 Å². The quantitative estimate of drug-likeness (QED) is 0.768. The predicted octanol–water partition coefficient (Wildman–Crippen LogP) is 2.35. The van der Waals surface area contributed by atoms with E-state index in [1.807, 2.05) is 0 Å². The fourth-order valence-electron chi connectivity index (χ4n) is 1.91. The lowest BCUT2D eigenvalue weighted by Crippen LogP contribution is -2.16. The van der Waals surface area contributed by atoms with E-state index in [0.717, 1.165) is 12.1 Å². The summed E-state index contributed by atoms with van der Waals surface area (Å²) in [5.74, 6) is 0.471. The van der Waals surface area contributed by atoms with Crippen molar-refractivity contribution in [3.05, 3.63) is 33.7 Å². The Morgan fingerprint density at radius 2 is 2.29 bits per heavy atom. The molecule has 0 bridgehead atoms. The topological polar surface area (TPSA) is 43.1 Å². The zero-order valence-electron chi connectivity index (χ0n) is 8.12. The molecular weight excluding hydrogens is 194 g/mol. The maximum atomic E-state index is 11.3. The standard InChI is InChI=1S/C11H13NOS/c1-7-2-3-14-11(7)8-4-9(12)6-10(13)5-8/h2-3,6,8H,4-5,12H2,1H3. The van der Waals surface area contributed by atoms with Crippen LogP contribution in [-0.2, 0) is 4.79 Å². The van der Waals surface area contributed by atoms with Crippen molar-refractivity contribution >= 4 is 17.1 Å². The maximum Gasteiger partial charge on any atom is 0.158 e. The van der Waals surface area contributed by atoms with Gasteiger partial charge in [0.15, 0.2) is 5.78 Å². The monoisotopic (exact) mass is 207 g/mol. The summed E-state index contributed by atoms with van der Waals surface area (Å²) in [6.07, 6.45) is 3.01. The average Bonchev–Trinajstić information content (AvgIpc) is 2.49. The average molecular weight is 207 g/mol. The number of carbonyl (C=O) groups excluding carboxylic acids is 1. The predicted molar refractivity (Wildman–Crippen MR) is 58.3 cm³/mol. The van der Waals surface area contributed by atoms with E-state index in [0.29, 0.717) is 12.3 Å². The number of carbonyl (C=O) groups is 1. The van der Waals surface area contributed by atoms with E-state index in [9.17, 15) is 4.79 Å². The van der Waals surface area contributed by atoms with Gasteiger partial charge in [-0.25, -0.2) is 0 Å². The first-order valence-corrected chi connectivity index (χ1v) is 5.57. The molecule has 1 aromatic rings. The minimum Gasteiger partial charge on any atom is -0.402 e. The largest absolute Gasteiger partial charge is 0.402 e. The van der Waals surface area contributed by atoms with Crippen molar-refractivity contribution in [2.45, 2.75) is 25.7 Å². The molecule has 1 aliphatic carbocycles. The first kappa shape index (κ1) is 9.46. The Morgan fingerprint density at radius 3 is 2.86 bits per heavy atom. The summed E-state index contributed by atoms with van der Waals surface area (Å²) < 4.78 is 0. The first-order chi connectivity index (χ1) is 6.66. The van der Waals surface area contributed by atoms with Crippen LogP contribution in [0.2, 0.25) is 0 Å². The summed E-state index contributed by atoms with van der Waals surface area (Å²) in [7, 11) is 0. The molecule has 1 atom stereocenters. The third kappa shape index (κ3) is 1.73. The van der Waals surface area contributed by atoms with Crippen molar-refractivity contribution in [2.75, 3.05) is 0 Å². The van der Waals surface area contributed by atoms with Crippen LogP contribution >= 0.6 is 11.3 Å². The molecule has 0 aromatic carbocycles. The number of thiophene rings is 1. The number of aryl methyl sites for hydroxylation is 1. The van der Waals surface area contributed by atoms with Gasteiger partial charge in [0.2, 0.25) is 0 Å². The molecular formula is C11H13NOS. The van der Waals surface area contributed by atoms with Gasteiger partial charge >= 0.3 is 0 Å². The van der Waals surface area contributed by atoms with Gasteiger partial charge in [-0.1, -0.05) is 0 Å². The second kappa shape index (κ2) is 3.58. The van der Waals surface area contributed by atoms with Crippen LogP contribution < -0.4 is 5.73 Å². The van der Waals surface area contributed by atoms with Gasteiger partial charge in [0.05, 0.1) is 0 Å². The van der Waals surface area contributed by atoms with E-state index < -0.39 is 0 Å². The molecule has 0 fully saturated rings. The van der Waals surface area contributed by atoms with Gasteiger partial charge in [-0.15, -0.1) is 11.3 Å². The molecule has 0 aliphatic heterocycles. The molecule has 74 valence electrons. The normalized spacial score (nSPS) is 22.2. The molecule has 0 radical (unpaired) electrons. The second-order valence-corrected chi connectivity index (χ2v) is 4.71. The number of ketones is 1. The zero-order valence-corrected chi connectivity index (χ0v) is 8.93. The van der Waals surface area contributed by atoms with Crippen LogP contribution in [0.5, 0.6) is 0 Å². The highest BCUT2D eigenvalue weighted by Gasteiger charge is 2.22. The smallest absolute Gasteiger partial charge is 0.158 e. The fourth-order valence-corrected chi connectivity index (χ4v) is 2.94. The molecule has 1 aliphatic rings. The van der Waals surface area contributed by atoms with E-state index >= 15 is 0 Å². The van der Waals surface area contributed by atoms with Crippen molar-refractivity contribution in [1.82, 2.24) is 0 Å². The van der Waals surface area contributed by atoms with Crippen molar-refractivity contribution < 1.29 is 4.79 Å². The summed E-state index contributed by atoms with van der Waals surface area (Å²) >= 11 is 1.73. The highest BCUT2D eigenvalue weighted by Crippen LogP contribution is 2.34. The zero-order chi connectivity index (χ0) is 10.1. The third-order valence-corrected chi connectivity index (χ3v) is 3.73. The van der Waals surface area contributed by atoms with Crippen molar-refractivity contribution in [2.24, 2.45) is 5.73 Å². The van der Waals surface area contributed by atoms with Crippen LogP contribution in [0.1, 0.15) is 29.2 Å². The van der Waals surface area contributed by atoms with Gasteiger partial charge in [-0.2, -0.15) is 0 Å². The minimum atomic E-state index is 0.159. The van der Waals surface area contributed by atoms with Crippen molar-refractivity contribution in [3.8, 4) is 0 Å². The Labute approximate surface area is 87.4 Å². The lowest BCUT2D eigenvalue weighted by molar-refractivity contribution is -0.115. The summed E-state index contributed by atoms with van der Waals surface area (Å²) in [6, 6.07) is 2.10. The molecule has 1 aromatic heterocycles. The Morgan fingerprint density at radius 1 is 1.50 bits per heavy atom. The Balaban J connectivity index is 2.26. The van der Waals surface area contributed by atoms with Crippen LogP contribution in [0.25, 0.3) is 0 Å². The molecule has 3 heteroatoms. The van der Waals surface area contributed by atoms with Crippen LogP contribution in [-0.4, -0.2) is 5.78 Å². The number of hydrogen-bond donors (Lipinski definition) is 1. The van der Waals surface area contributed by atoms with Crippen molar-refractivity contribution in [3.63, 3.8) is 0 Å². The van der Waals surface area contributed by atoms with E-state index in [4.69, 9.17) is 5.73 Å². The lowest BCUT2D eigenvalue weighted by atomic mass is 9.89. The maximum absolute atomic E-state index is 11.3. The van der Waals surface area contributed by atoms with Crippen LogP contribution in [0.3, 0.4) is 0 Å². The third-order valence-electron chi connectivity index (χ3n) is 2.55. The van der Waals surface area contributed by atoms with Gasteiger partial charge in [0, 0.05) is 22.9 Å². The van der Waals surface area contributed by atoms with Gasteiger partial charge in [-0.3, -0.25) is 4.79 Å². The Kier molecular flexibility index (Phi) is 2.42. The molecule has 2 N–H and O–H groups in total. The molecule has 2 rings (SSSR count). The van der Waals surface area contributed by atoms with Crippen LogP contribution in [0, 0.1) is 6.92 Å². The SMILES string of the molecule is Cc1ccsc1C1CC(=O)C=C(N)C1. The number of allylic oxidation sites excluding steroid dienone is 2. The Hall–Kier alpha value is -1.09. The van der Waals surface area contributed by atoms with E-state index in [1.54, 1.807) is 17.4 Å². The first-order valence-electron chi connectivity index (χ1n) is 4.69. The Bertz CT molecular complexity index is 392. The van der Waals surface area contributed by atoms with E-state index in [2.05, 4.69) is 18.4 Å². The summed E-state index contributed by atoms with van der Waals surface area (Å²) in [5.41, 5.74) is 7.72. The number of rotatable bonds is 1. The molecule has 14 heavy (non-hydrogen) atoms. The van der Waals surface area contributed by atoms with Crippen LogP contribution in [0.15, 0.2) is 23.2 Å². The van der Waals surface area contributed by atoms with Gasteiger partial charge in [0.1, 0.15) is 0 Å². The molecule has 0 saturated carbocycles. The minimum absolute atomic E-state index is 0.159. The second-order valence-electron chi connectivity index (χ2n) is 3.76. The summed E-state index contributed by atoms with van der Waals surface area (Å²) in [6.45, 7) is 2.09. The highest BCUT2D eigenvalue weighted by molar-refractivity contribution is 7.10. The van der Waals surface area contributed by atoms with Gasteiger partial charge < -0.3 is 5.73 Å². The molecule has 0 amide bonds. The molecule has 0 saturated heterocycles.